The molecule has 1 saturated carbocycles. The molecule has 9 rings (SSSR count). The van der Waals surface area contributed by atoms with Crippen molar-refractivity contribution >= 4 is 52.4 Å². The molecule has 73 heavy (non-hydrogen) atoms. The molecule has 0 aromatic heterocycles. The van der Waals surface area contributed by atoms with Crippen LogP contribution in [0.15, 0.2) is 193 Å². The van der Waals surface area contributed by atoms with Gasteiger partial charge < -0.3 is 14.4 Å². The van der Waals surface area contributed by atoms with Crippen LogP contribution in [-0.4, -0.2) is 76.6 Å². The van der Waals surface area contributed by atoms with Gasteiger partial charge in [0, 0.05) is 56.4 Å². The number of ether oxygens (including phenoxy) is 1. The molecule has 8 nitrogen and oxygen atoms in total. The standard InChI is InChI=1S/C22H21O2P.C15H21NO2S.C13H16O2.C13H10O/c1-16-14-17(2)21(18(3)15-16)22(23)25(24,19-10-6-4-7-11-19)20-12-8-5-9-13-20;1-15(2,16-8-10-18-11-9-16)14(17)12-4-6-13(19-3)7-5-12;14-12(11-7-3-1-4-8-11)13(15)9-5-2-6-10-13;14-13(11-7-3-1-4-8-11)12-9-5-2-6-10-12/h4-15H,1-3H3;4-7H,8-11H2,1-3H3;1,3-4,7-8,15H,2,5-6,9-10H2;1-10H. The van der Waals surface area contributed by atoms with E-state index < -0.39 is 18.3 Å². The van der Waals surface area contributed by atoms with Crippen LogP contribution in [0.5, 0.6) is 0 Å². The number of carbonyl (C=O) groups excluding carboxylic acids is 4. The van der Waals surface area contributed by atoms with Gasteiger partial charge in [-0.15, -0.1) is 11.8 Å². The molecule has 0 atom stereocenters. The summed E-state index contributed by atoms with van der Waals surface area (Å²) in [6.07, 6.45) is 6.30. The fourth-order valence-electron chi connectivity index (χ4n) is 9.26. The van der Waals surface area contributed by atoms with Gasteiger partial charge in [-0.1, -0.05) is 201 Å². The van der Waals surface area contributed by atoms with Crippen LogP contribution in [-0.2, 0) is 9.30 Å². The van der Waals surface area contributed by atoms with E-state index in [1.807, 2.05) is 193 Å². The highest BCUT2D eigenvalue weighted by Crippen LogP contribution is 2.48. The van der Waals surface area contributed by atoms with Crippen LogP contribution in [0.4, 0.5) is 0 Å². The number of morpholine rings is 1. The minimum absolute atomic E-state index is 0.0752. The van der Waals surface area contributed by atoms with Gasteiger partial charge in [0.25, 0.3) is 0 Å². The lowest BCUT2D eigenvalue weighted by molar-refractivity contribution is -0.00430. The Morgan fingerprint density at radius 1 is 0.575 bits per heavy atom. The van der Waals surface area contributed by atoms with E-state index in [-0.39, 0.29) is 22.9 Å². The fraction of sp³-hybridized carbons (Fsp3) is 0.270. The Kier molecular flexibility index (Phi) is 20.4. The monoisotopic (exact) mass is 1010 g/mol. The van der Waals surface area contributed by atoms with Crippen LogP contribution >= 0.6 is 18.9 Å². The summed E-state index contributed by atoms with van der Waals surface area (Å²) in [6, 6.07) is 57.7. The van der Waals surface area contributed by atoms with Crippen molar-refractivity contribution in [2.24, 2.45) is 0 Å². The Labute approximate surface area is 436 Å². The van der Waals surface area contributed by atoms with Crippen LogP contribution < -0.4 is 10.6 Å². The van der Waals surface area contributed by atoms with Gasteiger partial charge in [-0.25, -0.2) is 0 Å². The van der Waals surface area contributed by atoms with E-state index >= 15 is 0 Å². The van der Waals surface area contributed by atoms with Crippen molar-refractivity contribution in [2.45, 2.75) is 82.8 Å². The molecular formula is C63H68NO7PS. The summed E-state index contributed by atoms with van der Waals surface area (Å²) in [4.78, 5) is 53.5. The van der Waals surface area contributed by atoms with Gasteiger partial charge >= 0.3 is 0 Å². The van der Waals surface area contributed by atoms with E-state index in [1.165, 1.54) is 4.90 Å². The number of thioether (sulfide) groups is 1. The molecule has 1 N–H and O–H groups in total. The highest BCUT2D eigenvalue weighted by molar-refractivity contribution is 7.98. The van der Waals surface area contributed by atoms with Crippen molar-refractivity contribution in [1.29, 1.82) is 0 Å². The van der Waals surface area contributed by atoms with Gasteiger partial charge in [-0.2, -0.15) is 0 Å². The molecule has 1 aliphatic carbocycles. The molecule has 0 spiro atoms. The third-order valence-corrected chi connectivity index (χ3v) is 16.9. The zero-order chi connectivity index (χ0) is 52.4. The van der Waals surface area contributed by atoms with Gasteiger partial charge in [-0.05, 0) is 77.0 Å². The van der Waals surface area contributed by atoms with E-state index in [2.05, 4.69) is 4.90 Å². The van der Waals surface area contributed by atoms with E-state index in [4.69, 9.17) is 4.74 Å². The Morgan fingerprint density at radius 2 is 0.986 bits per heavy atom. The summed E-state index contributed by atoms with van der Waals surface area (Å²) in [7, 11) is -3.44. The molecule has 0 radical (unpaired) electrons. The number of carbonyl (C=O) groups is 4. The largest absolute Gasteiger partial charge is 0.382 e. The molecule has 378 valence electrons. The van der Waals surface area contributed by atoms with Crippen molar-refractivity contribution < 1.29 is 33.6 Å². The lowest BCUT2D eigenvalue weighted by Gasteiger charge is -2.39. The Hall–Kier alpha value is -6.32. The fourth-order valence-corrected chi connectivity index (χ4v) is 12.3. The molecule has 0 bridgehead atoms. The summed E-state index contributed by atoms with van der Waals surface area (Å²) in [5, 5.41) is 11.4. The van der Waals surface area contributed by atoms with Crippen molar-refractivity contribution in [3.8, 4) is 0 Å². The molecule has 10 heteroatoms. The highest BCUT2D eigenvalue weighted by atomic mass is 32.2. The van der Waals surface area contributed by atoms with Crippen LogP contribution in [0, 0.1) is 20.8 Å². The predicted molar refractivity (Wildman–Crippen MR) is 299 cm³/mol. The molecular weight excluding hydrogens is 946 g/mol. The van der Waals surface area contributed by atoms with Gasteiger partial charge in [0.05, 0.1) is 18.8 Å². The first-order chi connectivity index (χ1) is 35.1. The lowest BCUT2D eigenvalue weighted by Crippen LogP contribution is -2.54. The lowest BCUT2D eigenvalue weighted by atomic mass is 9.79. The summed E-state index contributed by atoms with van der Waals surface area (Å²) in [5.41, 5.74) is 4.43. The normalized spacial score (nSPS) is 14.3. The van der Waals surface area contributed by atoms with E-state index in [9.17, 15) is 28.8 Å². The number of nitrogens with zero attached hydrogens (tertiary/aromatic N) is 1. The molecule has 1 heterocycles. The van der Waals surface area contributed by atoms with Crippen LogP contribution in [0.3, 0.4) is 0 Å². The molecule has 0 amide bonds. The smallest absolute Gasteiger partial charge is 0.230 e. The van der Waals surface area contributed by atoms with Gasteiger partial charge in [0.1, 0.15) is 5.60 Å². The second kappa shape index (κ2) is 26.6. The number of Topliss-reactive ketones (excluding diaryl/α,β-unsaturated/α-hetero) is 2. The molecule has 7 aromatic carbocycles. The summed E-state index contributed by atoms with van der Waals surface area (Å²) in [6.45, 7) is 12.9. The maximum Gasteiger partial charge on any atom is 0.230 e. The van der Waals surface area contributed by atoms with Gasteiger partial charge in [0.15, 0.2) is 17.3 Å². The molecule has 1 saturated heterocycles. The first kappa shape index (κ1) is 56.0. The minimum atomic E-state index is -3.44. The first-order valence-corrected chi connectivity index (χ1v) is 27.9. The van der Waals surface area contributed by atoms with Crippen LogP contribution in [0.1, 0.15) is 110 Å². The van der Waals surface area contributed by atoms with E-state index in [0.29, 0.717) is 47.8 Å². The van der Waals surface area contributed by atoms with E-state index in [1.54, 1.807) is 48.2 Å². The number of hydrogen-bond acceptors (Lipinski definition) is 9. The van der Waals surface area contributed by atoms with E-state index in [0.717, 1.165) is 65.7 Å². The highest BCUT2D eigenvalue weighted by Gasteiger charge is 2.39. The van der Waals surface area contributed by atoms with Gasteiger partial charge in [0.2, 0.25) is 12.7 Å². The third kappa shape index (κ3) is 14.5. The quantitative estimate of drug-likeness (QED) is 0.0725. The maximum atomic E-state index is 14.2. The summed E-state index contributed by atoms with van der Waals surface area (Å²) < 4.78 is 19.5. The zero-order valence-corrected chi connectivity index (χ0v) is 44.7. The maximum absolute atomic E-state index is 14.2. The Balaban J connectivity index is 0.000000163. The number of aryl methyl sites for hydroxylation is 3. The van der Waals surface area contributed by atoms with Crippen LogP contribution in [0.2, 0.25) is 0 Å². The first-order valence-electron chi connectivity index (χ1n) is 24.9. The second-order valence-electron chi connectivity index (χ2n) is 18.9. The number of rotatable bonds is 12. The summed E-state index contributed by atoms with van der Waals surface area (Å²) in [5.74, 6) is 0.149. The molecule has 2 fully saturated rings. The Morgan fingerprint density at radius 3 is 1.41 bits per heavy atom. The minimum Gasteiger partial charge on any atom is -0.382 e. The number of benzene rings is 7. The van der Waals surface area contributed by atoms with Crippen LogP contribution in [0.25, 0.3) is 0 Å². The zero-order valence-electron chi connectivity index (χ0n) is 43.0. The van der Waals surface area contributed by atoms with Crippen molar-refractivity contribution in [1.82, 2.24) is 4.90 Å². The molecule has 0 unspecified atom stereocenters. The Bertz CT molecular complexity index is 2830. The summed E-state index contributed by atoms with van der Waals surface area (Å²) >= 11 is 1.69. The molecule has 7 aromatic rings. The third-order valence-electron chi connectivity index (χ3n) is 13.3. The predicted octanol–water partition coefficient (Wildman–Crippen LogP) is 13.0. The number of hydrogen-bond donors (Lipinski definition) is 1. The van der Waals surface area contributed by atoms with Gasteiger partial charge in [-0.3, -0.25) is 24.1 Å². The number of aliphatic hydroxyl groups is 1. The molecule has 1 aliphatic heterocycles. The SMILES string of the molecule is CSc1ccc(C(=O)C(C)(C)N2CCOCC2)cc1.Cc1cc(C)c(C(=O)P(=O)(c2ccccc2)c2ccccc2)c(C)c1.O=C(c1ccccc1)C1(O)CCCCC1.O=C(c1ccccc1)c1ccccc1. The van der Waals surface area contributed by atoms with Crippen molar-refractivity contribution in [3.63, 3.8) is 0 Å². The second-order valence-corrected chi connectivity index (χ2v) is 22.5. The van der Waals surface area contributed by atoms with Crippen molar-refractivity contribution in [3.05, 3.63) is 233 Å². The average molecular weight is 1010 g/mol. The topological polar surface area (TPSA) is 118 Å². The number of ketones is 3. The average Bonchev–Trinajstić information content (AvgIpc) is 3.44. The molecule has 2 aliphatic rings. The van der Waals surface area contributed by atoms with Crippen molar-refractivity contribution in [2.75, 3.05) is 32.6 Å².